The molecule has 7 nitrogen and oxygen atoms in total. The van der Waals surface area contributed by atoms with Gasteiger partial charge in [-0.3, -0.25) is 9.36 Å². The lowest BCUT2D eigenvalue weighted by atomic mass is 9.98. The zero-order valence-electron chi connectivity index (χ0n) is 17.9. The molecule has 30 heavy (non-hydrogen) atoms. The van der Waals surface area contributed by atoms with Gasteiger partial charge in [0, 0.05) is 49.3 Å². The lowest BCUT2D eigenvalue weighted by molar-refractivity contribution is 0.0244. The fraction of sp³-hybridized carbons (Fsp3) is 0.348. The number of para-hydroxylation sites is 1. The first-order valence-electron chi connectivity index (χ1n) is 10.0. The van der Waals surface area contributed by atoms with Gasteiger partial charge in [-0.1, -0.05) is 18.2 Å². The minimum Gasteiger partial charge on any atom is -0.481 e. The Balaban J connectivity index is 1.76. The largest absolute Gasteiger partial charge is 0.481 e. The highest BCUT2D eigenvalue weighted by atomic mass is 16.5. The highest BCUT2D eigenvalue weighted by Crippen LogP contribution is 2.27. The summed E-state index contributed by atoms with van der Waals surface area (Å²) in [6.45, 7) is 6.56. The van der Waals surface area contributed by atoms with Crippen LogP contribution in [0, 0.1) is 0 Å². The molecular weight excluding hydrogens is 378 g/mol. The second-order valence-electron chi connectivity index (χ2n) is 8.25. The van der Waals surface area contributed by atoms with Gasteiger partial charge in [-0.25, -0.2) is 9.97 Å². The third-order valence-corrected chi connectivity index (χ3v) is 5.50. The van der Waals surface area contributed by atoms with E-state index in [1.165, 1.54) is 0 Å². The van der Waals surface area contributed by atoms with E-state index in [4.69, 9.17) is 9.72 Å². The van der Waals surface area contributed by atoms with Crippen molar-refractivity contribution in [2.24, 2.45) is 0 Å². The maximum absolute atomic E-state index is 13.4. The van der Waals surface area contributed by atoms with Crippen LogP contribution in [0.5, 0.6) is 5.88 Å². The smallest absolute Gasteiger partial charge is 0.274 e. The summed E-state index contributed by atoms with van der Waals surface area (Å²) < 4.78 is 7.12. The van der Waals surface area contributed by atoms with Gasteiger partial charge >= 0.3 is 0 Å². The lowest BCUT2D eigenvalue weighted by Crippen LogP contribution is -2.60. The van der Waals surface area contributed by atoms with Gasteiger partial charge in [0.2, 0.25) is 5.88 Å². The van der Waals surface area contributed by atoms with Crippen LogP contribution >= 0.6 is 0 Å². The molecule has 1 amide bonds. The third kappa shape index (κ3) is 3.80. The summed E-state index contributed by atoms with van der Waals surface area (Å²) in [6, 6.07) is 13.6. The molecule has 1 aromatic carbocycles. The summed E-state index contributed by atoms with van der Waals surface area (Å²) in [7, 11) is 3.67. The molecule has 1 aliphatic rings. The molecule has 0 radical (unpaired) electrons. The fourth-order valence-electron chi connectivity index (χ4n) is 4.02. The van der Waals surface area contributed by atoms with Crippen molar-refractivity contribution in [1.82, 2.24) is 24.3 Å². The lowest BCUT2D eigenvalue weighted by Gasteiger charge is -2.45. The topological polar surface area (TPSA) is 63.5 Å². The minimum atomic E-state index is -0.261. The van der Waals surface area contributed by atoms with Crippen LogP contribution in [-0.4, -0.2) is 69.6 Å². The number of amides is 1. The average molecular weight is 406 g/mol. The van der Waals surface area contributed by atoms with E-state index in [0.29, 0.717) is 23.9 Å². The normalized spacial score (nSPS) is 16.5. The van der Waals surface area contributed by atoms with Crippen LogP contribution in [0.2, 0.25) is 0 Å². The summed E-state index contributed by atoms with van der Waals surface area (Å²) in [6.07, 6.45) is 3.54. The standard InChI is InChI=1S/C23H27N5O2/c1-23(2)16-26(3)12-13-28(23)22(29)19-15-27(18-8-6-5-7-9-18)21(25-19)17-10-11-20(30-4)24-14-17/h5-11,14-15H,12-13,16H2,1-4H3. The number of likely N-dealkylation sites (N-methyl/N-ethyl adjacent to an activating group) is 1. The monoisotopic (exact) mass is 405 g/mol. The van der Waals surface area contributed by atoms with E-state index < -0.39 is 0 Å². The molecular formula is C23H27N5O2. The molecule has 156 valence electrons. The molecule has 7 heteroatoms. The molecule has 3 aromatic rings. The molecule has 0 unspecified atom stereocenters. The van der Waals surface area contributed by atoms with Crippen molar-refractivity contribution in [3.05, 3.63) is 60.6 Å². The fourth-order valence-corrected chi connectivity index (χ4v) is 4.02. The minimum absolute atomic E-state index is 0.0505. The van der Waals surface area contributed by atoms with Gasteiger partial charge in [-0.15, -0.1) is 0 Å². The molecule has 0 aliphatic carbocycles. The van der Waals surface area contributed by atoms with E-state index >= 15 is 0 Å². The van der Waals surface area contributed by atoms with E-state index in [0.717, 1.165) is 24.3 Å². The van der Waals surface area contributed by atoms with Crippen molar-refractivity contribution in [3.63, 3.8) is 0 Å². The number of pyridine rings is 1. The number of aromatic nitrogens is 3. The number of rotatable bonds is 4. The number of carbonyl (C=O) groups excluding carboxylic acids is 1. The second kappa shape index (κ2) is 7.91. The predicted molar refractivity (Wildman–Crippen MR) is 116 cm³/mol. The van der Waals surface area contributed by atoms with Crippen LogP contribution in [0.1, 0.15) is 24.3 Å². The predicted octanol–water partition coefficient (Wildman–Crippen LogP) is 3.11. The van der Waals surface area contributed by atoms with Crippen LogP contribution in [0.25, 0.3) is 17.1 Å². The number of benzene rings is 1. The summed E-state index contributed by atoms with van der Waals surface area (Å²) >= 11 is 0. The quantitative estimate of drug-likeness (QED) is 0.667. The molecule has 0 saturated carbocycles. The highest BCUT2D eigenvalue weighted by molar-refractivity contribution is 5.93. The first-order chi connectivity index (χ1) is 14.4. The van der Waals surface area contributed by atoms with E-state index in [2.05, 4.69) is 30.8 Å². The summed E-state index contributed by atoms with van der Waals surface area (Å²) in [5.74, 6) is 1.16. The number of ether oxygens (including phenoxy) is 1. The molecule has 4 rings (SSSR count). The molecule has 0 atom stereocenters. The molecule has 3 heterocycles. The summed E-state index contributed by atoms with van der Waals surface area (Å²) in [5, 5.41) is 0. The van der Waals surface area contributed by atoms with Crippen molar-refractivity contribution < 1.29 is 9.53 Å². The van der Waals surface area contributed by atoms with Gasteiger partial charge in [-0.2, -0.15) is 0 Å². The highest BCUT2D eigenvalue weighted by Gasteiger charge is 2.37. The van der Waals surface area contributed by atoms with Crippen molar-refractivity contribution in [3.8, 4) is 23.0 Å². The number of imidazole rings is 1. The third-order valence-electron chi connectivity index (χ3n) is 5.50. The summed E-state index contributed by atoms with van der Waals surface area (Å²) in [5.41, 5.74) is 1.92. The van der Waals surface area contributed by atoms with Gasteiger partial charge in [0.05, 0.1) is 12.6 Å². The van der Waals surface area contributed by atoms with Crippen molar-refractivity contribution in [2.45, 2.75) is 19.4 Å². The van der Waals surface area contributed by atoms with Crippen molar-refractivity contribution in [2.75, 3.05) is 33.8 Å². The Labute approximate surface area is 176 Å². The molecule has 0 spiro atoms. The van der Waals surface area contributed by atoms with Crippen LogP contribution < -0.4 is 4.74 Å². The average Bonchev–Trinajstić information content (AvgIpc) is 3.19. The van der Waals surface area contributed by atoms with Gasteiger partial charge < -0.3 is 14.5 Å². The first kappa shape index (κ1) is 20.1. The van der Waals surface area contributed by atoms with Gasteiger partial charge in [-0.05, 0) is 39.1 Å². The molecule has 0 bridgehead atoms. The zero-order chi connectivity index (χ0) is 21.3. The number of piperazine rings is 1. The Morgan fingerprint density at radius 1 is 1.10 bits per heavy atom. The number of methoxy groups -OCH3 is 1. The maximum Gasteiger partial charge on any atom is 0.274 e. The SMILES string of the molecule is COc1ccc(-c2nc(C(=O)N3CCN(C)CC3(C)C)cn2-c2ccccc2)cn1. The Hall–Kier alpha value is -3.19. The molecule has 2 aromatic heterocycles. The van der Waals surface area contributed by atoms with Crippen LogP contribution in [-0.2, 0) is 0 Å². The zero-order valence-corrected chi connectivity index (χ0v) is 17.9. The van der Waals surface area contributed by atoms with E-state index in [1.807, 2.05) is 52.1 Å². The Kier molecular flexibility index (Phi) is 5.30. The molecule has 1 saturated heterocycles. The van der Waals surface area contributed by atoms with Gasteiger partial charge in [0.1, 0.15) is 11.5 Å². The Morgan fingerprint density at radius 2 is 1.87 bits per heavy atom. The van der Waals surface area contributed by atoms with E-state index in [9.17, 15) is 4.79 Å². The maximum atomic E-state index is 13.4. The van der Waals surface area contributed by atoms with Crippen molar-refractivity contribution in [1.29, 1.82) is 0 Å². The summed E-state index contributed by atoms with van der Waals surface area (Å²) in [4.78, 5) is 26.7. The van der Waals surface area contributed by atoms with Crippen LogP contribution in [0.15, 0.2) is 54.9 Å². The second-order valence-corrected chi connectivity index (χ2v) is 8.25. The van der Waals surface area contributed by atoms with Gasteiger partial charge in [0.25, 0.3) is 5.91 Å². The number of carbonyl (C=O) groups is 1. The van der Waals surface area contributed by atoms with E-state index in [1.54, 1.807) is 19.4 Å². The molecule has 1 aliphatic heterocycles. The van der Waals surface area contributed by atoms with Gasteiger partial charge in [0.15, 0.2) is 0 Å². The number of nitrogens with zero attached hydrogens (tertiary/aromatic N) is 5. The van der Waals surface area contributed by atoms with Crippen LogP contribution in [0.3, 0.4) is 0 Å². The molecule has 0 N–H and O–H groups in total. The van der Waals surface area contributed by atoms with Crippen molar-refractivity contribution >= 4 is 5.91 Å². The van der Waals surface area contributed by atoms with Crippen LogP contribution in [0.4, 0.5) is 0 Å². The Morgan fingerprint density at radius 3 is 2.50 bits per heavy atom. The first-order valence-corrected chi connectivity index (χ1v) is 10.0. The number of hydrogen-bond acceptors (Lipinski definition) is 5. The Bertz CT molecular complexity index is 1030. The molecule has 1 fully saturated rings. The number of hydrogen-bond donors (Lipinski definition) is 0. The van der Waals surface area contributed by atoms with E-state index in [-0.39, 0.29) is 11.4 Å².